The number of pyridine rings is 2. The van der Waals surface area contributed by atoms with Crippen LogP contribution in [-0.4, -0.2) is 152 Å². The van der Waals surface area contributed by atoms with Crippen molar-refractivity contribution in [3.63, 3.8) is 0 Å². The summed E-state index contributed by atoms with van der Waals surface area (Å²) >= 11 is 0. The number of rotatable bonds is 13. The first-order chi connectivity index (χ1) is 45.0. The van der Waals surface area contributed by atoms with E-state index in [0.29, 0.717) is 140 Å². The van der Waals surface area contributed by atoms with E-state index >= 15 is 26.3 Å². The van der Waals surface area contributed by atoms with Gasteiger partial charge < -0.3 is 35.0 Å². The number of hydrogen-bond acceptors (Lipinski definition) is 15. The fraction of sp³-hybridized carbons (Fsp3) is 0.486. The zero-order chi connectivity index (χ0) is 63.9. The number of nitrogens with zero attached hydrogens (tertiary/aromatic N) is 10. The zero-order valence-corrected chi connectivity index (χ0v) is 52.0. The average molecular weight is 1280 g/mol. The summed E-state index contributed by atoms with van der Waals surface area (Å²) in [6.07, 6.45) is 7.66. The molecule has 93 heavy (non-hydrogen) atoms. The van der Waals surface area contributed by atoms with Crippen molar-refractivity contribution in [2.75, 3.05) is 81.9 Å². The van der Waals surface area contributed by atoms with Crippen molar-refractivity contribution < 1.29 is 50.5 Å². The molecule has 2 amide bonds. The molecule has 8 saturated heterocycles. The molecule has 8 fully saturated rings. The van der Waals surface area contributed by atoms with Gasteiger partial charge in [0, 0.05) is 118 Å². The first-order valence-electron chi connectivity index (χ1n) is 33.0. The summed E-state index contributed by atoms with van der Waals surface area (Å²) in [6, 6.07) is 11.8. The summed E-state index contributed by atoms with van der Waals surface area (Å²) in [4.78, 5) is 62.4. The molecule has 12 heterocycles. The zero-order valence-electron chi connectivity index (χ0n) is 52.0. The predicted octanol–water partition coefficient (Wildman–Crippen LogP) is 11.3. The number of hydrogen-bond donors (Lipinski definition) is 3. The van der Waals surface area contributed by atoms with Gasteiger partial charge in [-0.1, -0.05) is 38.1 Å². The molecule has 8 aliphatic rings. The number of nitrogens with one attached hydrogen (secondary N) is 2. The largest absolute Gasteiger partial charge is 0.508 e. The van der Waals surface area contributed by atoms with Crippen molar-refractivity contribution in [3.8, 4) is 40.3 Å². The lowest BCUT2D eigenvalue weighted by Crippen LogP contribution is -2.45. The first-order valence-corrected chi connectivity index (χ1v) is 33.0. The summed E-state index contributed by atoms with van der Waals surface area (Å²) in [5.74, 6) is -2.21. The van der Waals surface area contributed by atoms with Crippen LogP contribution in [0.3, 0.4) is 0 Å². The van der Waals surface area contributed by atoms with Gasteiger partial charge in [-0.3, -0.25) is 29.4 Å². The molecule has 0 saturated carbocycles. The van der Waals surface area contributed by atoms with Crippen molar-refractivity contribution in [3.05, 3.63) is 101 Å². The fourth-order valence-electron chi connectivity index (χ4n) is 17.9. The van der Waals surface area contributed by atoms with Crippen LogP contribution in [0, 0.1) is 34.1 Å². The molecule has 16 rings (SSSR count). The number of halogens is 6. The van der Waals surface area contributed by atoms with Gasteiger partial charge in [0.25, 0.3) is 0 Å². The van der Waals surface area contributed by atoms with Crippen molar-refractivity contribution in [2.45, 2.75) is 133 Å². The molecule has 23 heteroatoms. The van der Waals surface area contributed by atoms with Gasteiger partial charge in [0.15, 0.2) is 11.6 Å². The van der Waals surface area contributed by atoms with E-state index in [1.54, 1.807) is 25.1 Å². The molecule has 3 unspecified atom stereocenters. The molecule has 484 valence electrons. The number of benzene rings is 4. The van der Waals surface area contributed by atoms with E-state index in [1.165, 1.54) is 36.7 Å². The Morgan fingerprint density at radius 3 is 1.85 bits per heavy atom. The normalized spacial score (nSPS) is 27.2. The number of phenols is 1. The Hall–Kier alpha value is -8.18. The van der Waals surface area contributed by atoms with Crippen molar-refractivity contribution in [2.24, 2.45) is 10.8 Å². The van der Waals surface area contributed by atoms with E-state index < -0.39 is 52.7 Å². The van der Waals surface area contributed by atoms with E-state index in [9.17, 15) is 14.7 Å². The molecule has 7 atom stereocenters. The minimum absolute atomic E-state index is 0.0328. The third kappa shape index (κ3) is 9.92. The lowest BCUT2D eigenvalue weighted by molar-refractivity contribution is -0.120. The predicted molar refractivity (Wildman–Crippen MR) is 339 cm³/mol. The van der Waals surface area contributed by atoms with Crippen LogP contribution >= 0.6 is 0 Å². The van der Waals surface area contributed by atoms with Gasteiger partial charge in [0.05, 0.1) is 21.9 Å². The molecule has 0 radical (unpaired) electrons. The van der Waals surface area contributed by atoms with Gasteiger partial charge in [-0.15, -0.1) is 0 Å². The maximum atomic E-state index is 18.2. The van der Waals surface area contributed by atoms with Gasteiger partial charge in [-0.05, 0) is 133 Å². The molecule has 17 nitrogen and oxygen atoms in total. The van der Waals surface area contributed by atoms with Gasteiger partial charge in [-0.25, -0.2) is 26.3 Å². The van der Waals surface area contributed by atoms with E-state index in [2.05, 4.69) is 15.5 Å². The van der Waals surface area contributed by atoms with Crippen LogP contribution in [0.5, 0.6) is 17.8 Å². The third-order valence-corrected chi connectivity index (χ3v) is 22.1. The number of anilines is 2. The number of fused-ring (bicyclic) bond motifs is 6. The first kappa shape index (κ1) is 59.8. The lowest BCUT2D eigenvalue weighted by atomic mass is 9.79. The van der Waals surface area contributed by atoms with Crippen LogP contribution in [0.1, 0.15) is 114 Å². The van der Waals surface area contributed by atoms with E-state index in [-0.39, 0.29) is 112 Å². The molecular weight excluding hydrogens is 1200 g/mol. The van der Waals surface area contributed by atoms with Crippen LogP contribution in [-0.2, 0) is 22.4 Å². The minimum Gasteiger partial charge on any atom is -0.508 e. The Kier molecular flexibility index (Phi) is 14.5. The Morgan fingerprint density at radius 2 is 1.23 bits per heavy atom. The van der Waals surface area contributed by atoms with Crippen molar-refractivity contribution >= 4 is 66.8 Å². The summed E-state index contributed by atoms with van der Waals surface area (Å²) in [7, 11) is 0. The van der Waals surface area contributed by atoms with Crippen molar-refractivity contribution in [1.82, 2.24) is 50.3 Å². The van der Waals surface area contributed by atoms with Gasteiger partial charge in [-0.2, -0.15) is 19.9 Å². The Balaban J connectivity index is 0.766. The number of aromatic nitrogens is 6. The summed E-state index contributed by atoms with van der Waals surface area (Å²) in [5.41, 5.74) is -1.15. The number of carbonyl (C=O) groups is 2. The highest BCUT2D eigenvalue weighted by Gasteiger charge is 2.55. The van der Waals surface area contributed by atoms with Crippen LogP contribution in [0.25, 0.3) is 65.9 Å². The molecule has 8 aromatic rings. The third-order valence-electron chi connectivity index (χ3n) is 22.1. The number of carbonyl (C=O) groups excluding carboxylic acids is 2. The summed E-state index contributed by atoms with van der Waals surface area (Å²) in [6.45, 7) is 7.51. The van der Waals surface area contributed by atoms with E-state index in [1.807, 2.05) is 27.7 Å². The maximum Gasteiger partial charge on any atom is 0.319 e. The Morgan fingerprint density at radius 1 is 0.634 bits per heavy atom. The number of amides is 2. The summed E-state index contributed by atoms with van der Waals surface area (Å²) in [5, 5.41) is 20.4. The minimum atomic E-state index is -1.34. The molecule has 2 spiro atoms. The highest BCUT2D eigenvalue weighted by molar-refractivity contribution is 6.04. The number of alkyl halides is 2. The van der Waals surface area contributed by atoms with Gasteiger partial charge in [0.2, 0.25) is 11.8 Å². The van der Waals surface area contributed by atoms with Crippen molar-refractivity contribution in [1.29, 1.82) is 0 Å². The van der Waals surface area contributed by atoms with E-state index in [4.69, 9.17) is 39.4 Å². The maximum absolute atomic E-state index is 18.2. The molecule has 0 aliphatic carbocycles. The quantitative estimate of drug-likeness (QED) is 0.0925. The highest BCUT2D eigenvalue weighted by atomic mass is 19.2. The highest BCUT2D eigenvalue weighted by Crippen LogP contribution is 2.53. The molecule has 0 bridgehead atoms. The second kappa shape index (κ2) is 22.5. The molecule has 4 aromatic heterocycles. The smallest absolute Gasteiger partial charge is 0.319 e. The number of phenolic OH excluding ortho intramolecular Hbond substituents is 1. The number of aryl methyl sites for hydroxylation is 2. The van der Waals surface area contributed by atoms with Gasteiger partial charge in [0.1, 0.15) is 77.0 Å². The van der Waals surface area contributed by atoms with E-state index in [0.717, 1.165) is 45.1 Å². The Labute approximate surface area is 532 Å². The van der Waals surface area contributed by atoms with Crippen LogP contribution < -0.4 is 29.9 Å². The topological polar surface area (TPSA) is 187 Å². The molecule has 8 aliphatic heterocycles. The standard InChI is InChI=1S/C70H72F6N12O5/c1-3-42-50(73)12-11-38-9-5-10-44(55(38)42)59-57(75)61-48(28-77-59)63(85-18-6-14-67(34-85)26-53(90)79-32-67)84-66(81-61)93-37-70-17-13-52(88(70)31-40(72)25-70)45-23-51(74)43(4-2)56-46(45)21-41(89)22-47(56)60-58(76)62-49(29-78-60)64(86-19-7-15-68(35-86)27-54(91)80-33-68)83-65(82-62)92-36-69-16-8-20-87(69)30-39(71)24-69/h5,9-12,21-23,28-29,39-40,52,89H,3-4,6-8,13-20,24-27,30-37H2,1-2H3,(H,79,90)(H,80,91)/t39-,40-,52?,67?,68?,69+,70+/m1/s1. The summed E-state index contributed by atoms with van der Waals surface area (Å²) < 4.78 is 113. The molecule has 4 aromatic carbocycles. The lowest BCUT2D eigenvalue weighted by Gasteiger charge is -2.40. The fourth-order valence-corrected chi connectivity index (χ4v) is 17.9. The number of piperidine rings is 2. The molecular formula is C70H72F6N12O5. The second-order valence-electron chi connectivity index (χ2n) is 27.8. The van der Waals surface area contributed by atoms with Crippen LogP contribution in [0.4, 0.5) is 38.0 Å². The average Bonchev–Trinajstić information content (AvgIpc) is 1.72. The SMILES string of the molecule is CCc1c(F)ccc2cccc(-c3ncc4c(N5CCCC6(CNC(=O)C6)C5)nc(OC[C@@]56CCC(c7cc(F)c(CC)c8c(-c9ncc%10c(N%11CCCC%12(CNC(=O)C%12)C%11)nc(OC[C@@]%11%12CCCN%11C[C@H](F)C%12)nc%10c9F)cc(O)cc78)N5C[C@H](F)C6)nc4c3F)c12. The molecule has 3 N–H and O–H groups in total. The number of ether oxygens (including phenoxy) is 2. The van der Waals surface area contributed by atoms with Crippen LogP contribution in [0.15, 0.2) is 60.9 Å². The number of aromatic hydroxyl groups is 1. The van der Waals surface area contributed by atoms with Crippen LogP contribution in [0.2, 0.25) is 0 Å². The monoisotopic (exact) mass is 1270 g/mol. The van der Waals surface area contributed by atoms with Gasteiger partial charge >= 0.3 is 12.0 Å². The second-order valence-corrected chi connectivity index (χ2v) is 27.8. The Bertz CT molecular complexity index is 4430.